The van der Waals surface area contributed by atoms with Crippen molar-refractivity contribution < 1.29 is 72.0 Å². The fourth-order valence-electron chi connectivity index (χ4n) is 10.5. The molecule has 0 aliphatic carbocycles. The molecule has 22 heteroatoms. The van der Waals surface area contributed by atoms with Crippen LogP contribution in [0.1, 0.15) is 75.5 Å². The van der Waals surface area contributed by atoms with Crippen LogP contribution in [0.5, 0.6) is 23.0 Å². The Morgan fingerprint density at radius 1 is 0.899 bits per heavy atom. The van der Waals surface area contributed by atoms with Gasteiger partial charge < -0.3 is 54.7 Å². The first kappa shape index (κ1) is 57.2. The lowest BCUT2D eigenvalue weighted by atomic mass is 9.78. The number of phenolic OH excluding ortho intramolecular Hbond substituents is 3. The molecule has 5 bridgehead atoms. The van der Waals surface area contributed by atoms with E-state index in [4.69, 9.17) is 18.9 Å². The number of anilines is 2. The van der Waals surface area contributed by atoms with Gasteiger partial charge in [0.2, 0.25) is 0 Å². The number of hydrazone groups is 1. The molecule has 9 atom stereocenters. The average Bonchev–Trinajstić information content (AvgIpc) is 3.69. The van der Waals surface area contributed by atoms with Gasteiger partial charge in [0.1, 0.15) is 35.0 Å². The van der Waals surface area contributed by atoms with Crippen LogP contribution in [0.15, 0.2) is 76.5 Å². The molecule has 5 aromatic rings. The van der Waals surface area contributed by atoms with Gasteiger partial charge in [0.05, 0.1) is 77.2 Å². The molecule has 6 heterocycles. The summed E-state index contributed by atoms with van der Waals surface area (Å²) in [5, 5.41) is 67.3. The summed E-state index contributed by atoms with van der Waals surface area (Å²) in [6.45, 7) is 14.0. The Balaban J connectivity index is 1.19. The SMILES string of the molecule is CO[C@H]1/C=C/O[C@@]2(C)Oc3c(C)c(O)c4c(O)c(c(/C=N/N5CCN(c6nc7c(cc6F)c(=O)c(C)cn7-c6ccc(F)cc6F)CC5)c(O)c4c3C2=O)NC(=O)/C(C)=C\C=C\[C@H](C)[C@H](O)[C@@H](C)[C@@H](O)[C@@H](C)[C@H](OC(C)=O)[C@@H]1C. The number of amides is 1. The van der Waals surface area contributed by atoms with E-state index in [-0.39, 0.29) is 87.7 Å². The van der Waals surface area contributed by atoms with E-state index >= 15 is 8.78 Å². The van der Waals surface area contributed by atoms with E-state index < -0.39 is 123 Å². The highest BCUT2D eigenvalue weighted by Crippen LogP contribution is 2.55. The fourth-order valence-corrected chi connectivity index (χ4v) is 10.5. The smallest absolute Gasteiger partial charge is 0.312 e. The zero-order valence-corrected chi connectivity index (χ0v) is 45.2. The Morgan fingerprint density at radius 3 is 2.25 bits per heavy atom. The maximum atomic E-state index is 16.0. The Morgan fingerprint density at radius 2 is 1.59 bits per heavy atom. The number of rotatable bonds is 6. The molecule has 1 saturated heterocycles. The highest BCUT2D eigenvalue weighted by molar-refractivity contribution is 6.24. The quantitative estimate of drug-likeness (QED) is 0.0421. The average molecular weight is 1100 g/mol. The number of nitrogens with one attached hydrogen (secondary N) is 1. The molecular formula is C57H63F3N6O13. The van der Waals surface area contributed by atoms with E-state index in [1.54, 1.807) is 38.7 Å². The normalized spacial score (nSPS) is 26.7. The van der Waals surface area contributed by atoms with E-state index in [9.17, 15) is 49.1 Å². The summed E-state index contributed by atoms with van der Waals surface area (Å²) in [6, 6.07) is 3.92. The van der Waals surface area contributed by atoms with Gasteiger partial charge in [-0.1, -0.05) is 45.9 Å². The predicted molar refractivity (Wildman–Crippen MR) is 287 cm³/mol. The number of esters is 1. The number of methoxy groups -OCH3 is 1. The van der Waals surface area contributed by atoms with Crippen molar-refractivity contribution in [2.75, 3.05) is 43.5 Å². The molecule has 19 nitrogen and oxygen atoms in total. The Kier molecular flexibility index (Phi) is 16.2. The lowest BCUT2D eigenvalue weighted by Gasteiger charge is -2.38. The number of hydrogen-bond acceptors (Lipinski definition) is 17. The molecule has 4 aliphatic rings. The van der Waals surface area contributed by atoms with Crippen LogP contribution < -0.4 is 20.4 Å². The minimum Gasteiger partial charge on any atom is -0.507 e. The number of piperazine rings is 1. The molecule has 0 saturated carbocycles. The second-order valence-corrected chi connectivity index (χ2v) is 20.6. The summed E-state index contributed by atoms with van der Waals surface area (Å²) in [4.78, 5) is 60.5. The van der Waals surface area contributed by atoms with Crippen LogP contribution in [0, 0.1) is 55.0 Å². The number of allylic oxidation sites excluding steroid dienone is 2. The van der Waals surface area contributed by atoms with Crippen LogP contribution in [-0.4, -0.2) is 127 Å². The second-order valence-electron chi connectivity index (χ2n) is 20.6. The monoisotopic (exact) mass is 1100 g/mol. The summed E-state index contributed by atoms with van der Waals surface area (Å²) < 4.78 is 70.0. The van der Waals surface area contributed by atoms with Gasteiger partial charge in [0, 0.05) is 92.1 Å². The lowest BCUT2D eigenvalue weighted by Crippen LogP contribution is -2.46. The number of carbonyl (C=O) groups excluding carboxylic acids is 3. The predicted octanol–water partition coefficient (Wildman–Crippen LogP) is 7.34. The Labute approximate surface area is 452 Å². The number of aromatic hydroxyl groups is 3. The summed E-state index contributed by atoms with van der Waals surface area (Å²) in [5.41, 5.74) is -1.54. The number of fused-ring (bicyclic) bond motifs is 15. The third-order valence-corrected chi connectivity index (χ3v) is 15.2. The van der Waals surface area contributed by atoms with Crippen LogP contribution >= 0.6 is 0 Å². The van der Waals surface area contributed by atoms with Crippen molar-refractivity contribution in [1.29, 1.82) is 0 Å². The molecule has 0 radical (unpaired) electrons. The van der Waals surface area contributed by atoms with Gasteiger partial charge in [-0.3, -0.25) is 28.8 Å². The van der Waals surface area contributed by atoms with E-state index in [0.29, 0.717) is 6.07 Å². The van der Waals surface area contributed by atoms with Crippen molar-refractivity contribution >= 4 is 57.2 Å². The molecule has 2 aromatic heterocycles. The number of carbonyl (C=O) groups is 3. The maximum absolute atomic E-state index is 16.0. The van der Waals surface area contributed by atoms with Gasteiger partial charge in [0.15, 0.2) is 28.5 Å². The van der Waals surface area contributed by atoms with Gasteiger partial charge in [-0.05, 0) is 45.0 Å². The van der Waals surface area contributed by atoms with E-state index in [1.165, 1.54) is 81.8 Å². The van der Waals surface area contributed by atoms with Crippen molar-refractivity contribution in [2.24, 2.45) is 28.8 Å². The molecule has 79 heavy (non-hydrogen) atoms. The van der Waals surface area contributed by atoms with Gasteiger partial charge in [-0.2, -0.15) is 5.10 Å². The summed E-state index contributed by atoms with van der Waals surface area (Å²) in [6.07, 6.45) is 5.49. The van der Waals surface area contributed by atoms with Gasteiger partial charge in [-0.15, -0.1) is 0 Å². The zero-order valence-electron chi connectivity index (χ0n) is 45.2. The largest absolute Gasteiger partial charge is 0.507 e. The first-order chi connectivity index (χ1) is 37.3. The van der Waals surface area contributed by atoms with E-state index in [2.05, 4.69) is 15.4 Å². The first-order valence-electron chi connectivity index (χ1n) is 25.6. The standard InChI is InChI=1S/C57H63F3N6O13/c1-26-12-11-13-27(2)56(75)62-44-36(24-61-65-19-17-64(18-20-65)55-38(60)23-35-46(69)28(3)25-66(54(35)63-55)39-15-14-34(58)22-37(39)59)49(72)41-42(50(44)73)48(71)32(7)52-43(41)53(74)57(9,79-52)77-21-16-40(76-10)29(4)51(78-33(8)67)31(6)47(70)30(5)45(26)68/h11-16,21-26,29-31,40,45,47,51,68,70-73H,17-20H2,1-10H3,(H,62,75)/b12-11+,21-16+,27-13-,61-24+/t26-,29+,30+,31+,40-,45-,47+,51+,57-/m0/s1. The number of pyridine rings is 2. The molecular weight excluding hydrogens is 1030 g/mol. The number of phenols is 3. The molecule has 420 valence electrons. The van der Waals surface area contributed by atoms with Crippen LogP contribution in [0.2, 0.25) is 0 Å². The molecule has 9 rings (SSSR count). The molecule has 1 fully saturated rings. The van der Waals surface area contributed by atoms with Crippen LogP contribution in [0.4, 0.5) is 24.7 Å². The molecule has 0 unspecified atom stereocenters. The van der Waals surface area contributed by atoms with Gasteiger partial charge >= 0.3 is 11.8 Å². The molecule has 4 aliphatic heterocycles. The maximum Gasteiger partial charge on any atom is 0.312 e. The Bertz CT molecular complexity index is 3460. The third kappa shape index (κ3) is 10.7. The number of aliphatic hydroxyl groups excluding tert-OH is 2. The number of aliphatic hydroxyl groups is 2. The number of nitrogens with zero attached hydrogens (tertiary/aromatic N) is 5. The van der Waals surface area contributed by atoms with Crippen molar-refractivity contribution in [2.45, 2.75) is 92.5 Å². The molecule has 6 N–H and O–H groups in total. The number of benzene rings is 3. The number of ketones is 1. The lowest BCUT2D eigenvalue weighted by molar-refractivity contribution is -0.160. The minimum absolute atomic E-state index is 0.0331. The molecule has 0 spiro atoms. The number of Topliss-reactive ketones (excluding diaryl/α,β-unsaturated/α-hetero) is 1. The van der Waals surface area contributed by atoms with Crippen molar-refractivity contribution in [3.8, 4) is 28.7 Å². The minimum atomic E-state index is -2.16. The van der Waals surface area contributed by atoms with Crippen molar-refractivity contribution in [3.63, 3.8) is 0 Å². The van der Waals surface area contributed by atoms with Crippen LogP contribution in [0.25, 0.3) is 27.5 Å². The summed E-state index contributed by atoms with van der Waals surface area (Å²) >= 11 is 0. The second kappa shape index (κ2) is 22.4. The first-order valence-corrected chi connectivity index (χ1v) is 25.6. The number of ether oxygens (including phenoxy) is 4. The Hall–Kier alpha value is -7.95. The zero-order chi connectivity index (χ0) is 57.7. The van der Waals surface area contributed by atoms with E-state index in [1.807, 2.05) is 0 Å². The number of hydrogen-bond donors (Lipinski definition) is 6. The van der Waals surface area contributed by atoms with E-state index in [0.717, 1.165) is 24.6 Å². The molecule has 1 amide bonds. The van der Waals surface area contributed by atoms with Gasteiger partial charge in [-0.25, -0.2) is 18.2 Å². The number of aromatic nitrogens is 2. The van der Waals surface area contributed by atoms with Crippen LogP contribution in [0.3, 0.4) is 0 Å². The van der Waals surface area contributed by atoms with Crippen LogP contribution in [-0.2, 0) is 23.8 Å². The van der Waals surface area contributed by atoms with Crippen molar-refractivity contribution in [1.82, 2.24) is 14.6 Å². The van der Waals surface area contributed by atoms with Crippen molar-refractivity contribution in [3.05, 3.63) is 117 Å². The summed E-state index contributed by atoms with van der Waals surface area (Å²) in [7, 11) is 1.40. The topological polar surface area (TPSA) is 255 Å². The highest BCUT2D eigenvalue weighted by Gasteiger charge is 2.50. The fraction of sp³-hybridized carbons (Fsp3) is 0.404. The summed E-state index contributed by atoms with van der Waals surface area (Å²) in [5.74, 6) is -12.2. The van der Waals surface area contributed by atoms with Gasteiger partial charge in [0.25, 0.3) is 11.7 Å². The number of halogens is 3. The molecule has 3 aromatic carbocycles. The third-order valence-electron chi connectivity index (χ3n) is 15.2. The number of aryl methyl sites for hydroxylation is 1. The highest BCUT2D eigenvalue weighted by atomic mass is 19.1.